The molecule has 0 bridgehead atoms. The minimum absolute atomic E-state index is 0.141. The van der Waals surface area contributed by atoms with Gasteiger partial charge in [0.05, 0.1) is 40.3 Å². The van der Waals surface area contributed by atoms with E-state index in [0.717, 1.165) is 96.3 Å². The van der Waals surface area contributed by atoms with Crippen LogP contribution >= 0.6 is 0 Å². The van der Waals surface area contributed by atoms with Gasteiger partial charge in [-0.15, -0.1) is 0 Å². The molecule has 0 fully saturated rings. The molecule has 0 radical (unpaired) electrons. The first kappa shape index (κ1) is 75.0. The third kappa shape index (κ3) is 61.4. The fourth-order valence-electron chi connectivity index (χ4n) is 8.61. The third-order valence-corrected chi connectivity index (χ3v) is 13.5. The third-order valence-electron chi connectivity index (χ3n) is 13.5. The average molecular weight is 1100 g/mol. The van der Waals surface area contributed by atoms with E-state index < -0.39 is 24.3 Å². The number of esters is 2. The van der Waals surface area contributed by atoms with Crippen LogP contribution in [0.1, 0.15) is 258 Å². The topological polar surface area (TPSA) is 111 Å². The number of hydrogen-bond donors (Lipinski definition) is 0. The summed E-state index contributed by atoms with van der Waals surface area (Å²) in [6.07, 6.45) is 80.0. The van der Waals surface area contributed by atoms with Crippen LogP contribution in [-0.2, 0) is 33.3 Å². The van der Waals surface area contributed by atoms with Gasteiger partial charge in [0.15, 0.2) is 12.4 Å². The molecule has 0 aliphatic heterocycles. The van der Waals surface area contributed by atoms with Crippen LogP contribution in [0.5, 0.6) is 0 Å². The summed E-state index contributed by atoms with van der Waals surface area (Å²) in [7, 11) is 5.92. The van der Waals surface area contributed by atoms with Crippen molar-refractivity contribution in [3.63, 3.8) is 0 Å². The zero-order valence-corrected chi connectivity index (χ0v) is 51.5. The van der Waals surface area contributed by atoms with Crippen molar-refractivity contribution < 1.29 is 42.9 Å². The van der Waals surface area contributed by atoms with E-state index >= 15 is 0 Å². The number of carboxylic acid groups (broad SMARTS) is 1. The fraction of sp³-hybridized carbons (Fsp3) is 0.700. The van der Waals surface area contributed by atoms with Gasteiger partial charge in [0.2, 0.25) is 0 Å². The molecule has 9 nitrogen and oxygen atoms in total. The highest BCUT2D eigenvalue weighted by atomic mass is 16.7. The van der Waals surface area contributed by atoms with Crippen molar-refractivity contribution >= 4 is 17.9 Å². The Bertz CT molecular complexity index is 1660. The van der Waals surface area contributed by atoms with Crippen LogP contribution in [0, 0.1) is 0 Å². The molecule has 79 heavy (non-hydrogen) atoms. The van der Waals surface area contributed by atoms with Crippen LogP contribution in [-0.4, -0.2) is 82.3 Å². The van der Waals surface area contributed by atoms with E-state index in [9.17, 15) is 19.5 Å². The predicted octanol–water partition coefficient (Wildman–Crippen LogP) is 18.1. The smallest absolute Gasteiger partial charge is 0.306 e. The van der Waals surface area contributed by atoms with Gasteiger partial charge in [-0.05, 0) is 103 Å². The van der Waals surface area contributed by atoms with Crippen molar-refractivity contribution in [2.24, 2.45) is 0 Å². The van der Waals surface area contributed by atoms with Gasteiger partial charge in [0.25, 0.3) is 0 Å². The second kappa shape index (κ2) is 60.1. The van der Waals surface area contributed by atoms with E-state index in [-0.39, 0.29) is 38.6 Å². The second-order valence-electron chi connectivity index (χ2n) is 22.3. The van der Waals surface area contributed by atoms with Gasteiger partial charge < -0.3 is 33.3 Å². The zero-order chi connectivity index (χ0) is 57.6. The predicted molar refractivity (Wildman–Crippen MR) is 333 cm³/mol. The van der Waals surface area contributed by atoms with Crippen LogP contribution in [0.15, 0.2) is 109 Å². The lowest BCUT2D eigenvalue weighted by Gasteiger charge is -2.26. The zero-order valence-electron chi connectivity index (χ0n) is 51.5. The van der Waals surface area contributed by atoms with Crippen LogP contribution < -0.4 is 5.11 Å². The van der Waals surface area contributed by atoms with Crippen LogP contribution in [0.2, 0.25) is 0 Å². The minimum Gasteiger partial charge on any atom is -0.545 e. The molecule has 0 saturated heterocycles. The normalized spacial score (nSPS) is 13.5. The maximum Gasteiger partial charge on any atom is 0.306 e. The Morgan fingerprint density at radius 2 is 0.722 bits per heavy atom. The molecule has 0 spiro atoms. The van der Waals surface area contributed by atoms with Gasteiger partial charge in [0.1, 0.15) is 13.2 Å². The van der Waals surface area contributed by atoms with E-state index in [1.165, 1.54) is 128 Å². The summed E-state index contributed by atoms with van der Waals surface area (Å²) >= 11 is 0. The molecular formula is C70H119NO8. The Morgan fingerprint density at radius 3 is 1.08 bits per heavy atom. The lowest BCUT2D eigenvalue weighted by molar-refractivity contribution is -0.870. The number of aliphatic carboxylic acids is 1. The Labute approximate surface area is 485 Å². The number of carbonyl (C=O) groups is 3. The fourth-order valence-corrected chi connectivity index (χ4v) is 8.61. The van der Waals surface area contributed by atoms with Gasteiger partial charge in [-0.2, -0.15) is 0 Å². The number of nitrogens with zero attached hydrogens (tertiary/aromatic N) is 1. The lowest BCUT2D eigenvalue weighted by Crippen LogP contribution is -2.44. The summed E-state index contributed by atoms with van der Waals surface area (Å²) in [5.41, 5.74) is 0. The highest BCUT2D eigenvalue weighted by Gasteiger charge is 2.22. The molecular weight excluding hydrogens is 983 g/mol. The van der Waals surface area contributed by atoms with E-state index in [4.69, 9.17) is 18.9 Å². The first-order chi connectivity index (χ1) is 38.6. The molecule has 0 aliphatic rings. The quantitative estimate of drug-likeness (QED) is 0.0195. The van der Waals surface area contributed by atoms with Crippen molar-refractivity contribution in [1.82, 2.24) is 0 Å². The van der Waals surface area contributed by atoms with Gasteiger partial charge in [-0.3, -0.25) is 9.59 Å². The van der Waals surface area contributed by atoms with Crippen LogP contribution in [0.4, 0.5) is 0 Å². The summed E-state index contributed by atoms with van der Waals surface area (Å²) in [4.78, 5) is 37.4. The van der Waals surface area contributed by atoms with Crippen molar-refractivity contribution in [3.05, 3.63) is 109 Å². The van der Waals surface area contributed by atoms with Crippen molar-refractivity contribution in [1.29, 1.82) is 0 Å². The summed E-state index contributed by atoms with van der Waals surface area (Å²) < 4.78 is 22.7. The number of allylic oxidation sites excluding steroid dienone is 18. The molecule has 0 heterocycles. The Morgan fingerprint density at radius 1 is 0.392 bits per heavy atom. The van der Waals surface area contributed by atoms with Crippen molar-refractivity contribution in [2.75, 3.05) is 47.5 Å². The molecule has 0 aliphatic carbocycles. The van der Waals surface area contributed by atoms with Crippen LogP contribution in [0.25, 0.3) is 0 Å². The largest absolute Gasteiger partial charge is 0.545 e. The molecule has 0 aromatic rings. The lowest BCUT2D eigenvalue weighted by atomic mass is 10.0. The van der Waals surface area contributed by atoms with Gasteiger partial charge in [0, 0.05) is 12.8 Å². The highest BCUT2D eigenvalue weighted by molar-refractivity contribution is 5.70. The molecule has 452 valence electrons. The summed E-state index contributed by atoms with van der Waals surface area (Å²) in [5, 5.41) is 11.8. The van der Waals surface area contributed by atoms with Crippen LogP contribution in [0.3, 0.4) is 0 Å². The maximum absolute atomic E-state index is 12.9. The monoisotopic (exact) mass is 1100 g/mol. The first-order valence-corrected chi connectivity index (χ1v) is 32.0. The van der Waals surface area contributed by atoms with E-state index in [0.29, 0.717) is 17.4 Å². The number of rotatable bonds is 58. The maximum atomic E-state index is 12.9. The van der Waals surface area contributed by atoms with Crippen molar-refractivity contribution in [3.8, 4) is 0 Å². The van der Waals surface area contributed by atoms with E-state index in [2.05, 4.69) is 123 Å². The second-order valence-corrected chi connectivity index (χ2v) is 22.3. The van der Waals surface area contributed by atoms with Gasteiger partial charge in [-0.25, -0.2) is 0 Å². The molecule has 0 aromatic carbocycles. The molecule has 0 amide bonds. The highest BCUT2D eigenvalue weighted by Crippen LogP contribution is 2.16. The standard InChI is InChI=1S/C70H119NO8/c1-6-8-10-12-14-16-18-20-22-24-26-28-30-31-32-33-34-35-36-37-39-41-43-45-47-49-51-53-55-57-59-61-68(73)79-66(65-78-70(69(74)75)76-63-62-71(3,4)5)64-77-67(72)60-58-56-54-52-50-48-46-44-42-40-38-29-27-25-23-21-19-17-15-13-11-9-7-2/h8,10,14,16,19-22,25-28,31-32,34-35,37,39,66,70H,6-7,9,11-13,15,17-18,23-24,29-30,33,36,38,40-65H2,1-5H3/b10-8-,16-14-,21-19-,22-20-,27-25-,28-26-,32-31-,35-34-,39-37-. The molecule has 0 rings (SSSR count). The molecule has 0 saturated carbocycles. The first-order valence-electron chi connectivity index (χ1n) is 32.0. The van der Waals surface area contributed by atoms with E-state index in [1.54, 1.807) is 0 Å². The number of ether oxygens (including phenoxy) is 4. The van der Waals surface area contributed by atoms with Crippen molar-refractivity contribution in [2.45, 2.75) is 270 Å². The molecule has 2 atom stereocenters. The van der Waals surface area contributed by atoms with Gasteiger partial charge >= 0.3 is 11.9 Å². The molecule has 2 unspecified atom stereocenters. The van der Waals surface area contributed by atoms with E-state index in [1.807, 2.05) is 21.1 Å². The number of quaternary nitrogens is 1. The Kier molecular flexibility index (Phi) is 57.0. The summed E-state index contributed by atoms with van der Waals surface area (Å²) in [6.45, 7) is 4.62. The number of unbranched alkanes of at least 4 members (excludes halogenated alkanes) is 25. The Hall–Kier alpha value is -4.05. The SMILES string of the molecule is CC/C=C\C/C=C\C/C=C\C/C=C\C/C=C\C/C=C\C/C=C\CCCCCCCCCCCC(=O)OC(COC(=O)CCCCCCCCCCCCC/C=C\C/C=C\CCCCCCC)COC(OCC[N+](C)(C)C)C(=O)[O-]. The minimum atomic E-state index is -1.63. The molecule has 0 N–H and O–H groups in total. The summed E-state index contributed by atoms with van der Waals surface area (Å²) in [5.74, 6) is -2.30. The number of likely N-dealkylation sites (N-methyl/N-ethyl adjacent to an activating group) is 1. The Balaban J connectivity index is 4.23. The molecule has 9 heteroatoms. The molecule has 0 aromatic heterocycles. The van der Waals surface area contributed by atoms with Gasteiger partial charge in [-0.1, -0.05) is 252 Å². The number of hydrogen-bond acceptors (Lipinski definition) is 8. The number of carbonyl (C=O) groups excluding carboxylic acids is 3. The average Bonchev–Trinajstić information content (AvgIpc) is 3.42. The number of carboxylic acids is 1. The summed E-state index contributed by atoms with van der Waals surface area (Å²) in [6, 6.07) is 0.